The fourth-order valence-electron chi connectivity index (χ4n) is 2.71. The number of amides is 1. The van der Waals surface area contributed by atoms with E-state index in [2.05, 4.69) is 39.6 Å². The van der Waals surface area contributed by atoms with Crippen molar-refractivity contribution in [3.63, 3.8) is 0 Å². The molecule has 1 fully saturated rings. The van der Waals surface area contributed by atoms with Gasteiger partial charge in [-0.3, -0.25) is 4.79 Å². The minimum atomic E-state index is -0.0316. The van der Waals surface area contributed by atoms with Gasteiger partial charge in [0, 0.05) is 32.2 Å². The van der Waals surface area contributed by atoms with Crippen molar-refractivity contribution in [2.24, 2.45) is 17.1 Å². The molecule has 0 bridgehead atoms. The van der Waals surface area contributed by atoms with Crippen LogP contribution in [0.5, 0.6) is 0 Å². The molecule has 4 nitrogen and oxygen atoms in total. The standard InChI is InChI=1S/C14H29N3O/c1-11-10-16(5)6-7-17(11)13(18)12(9-15)8-14(2,3)4/h11-12H,6-10,15H2,1-5H3. The highest BCUT2D eigenvalue weighted by molar-refractivity contribution is 5.79. The summed E-state index contributed by atoms with van der Waals surface area (Å²) >= 11 is 0. The van der Waals surface area contributed by atoms with Gasteiger partial charge in [0.05, 0.1) is 5.92 Å². The van der Waals surface area contributed by atoms with Crippen LogP contribution in [-0.2, 0) is 4.79 Å². The van der Waals surface area contributed by atoms with Crippen molar-refractivity contribution in [2.75, 3.05) is 33.2 Å². The highest BCUT2D eigenvalue weighted by Gasteiger charge is 2.32. The third-order valence-corrected chi connectivity index (χ3v) is 3.61. The molecule has 1 rings (SSSR count). The quantitative estimate of drug-likeness (QED) is 0.823. The predicted octanol–water partition coefficient (Wildman–Crippen LogP) is 1.16. The lowest BCUT2D eigenvalue weighted by Crippen LogP contribution is -2.55. The average molecular weight is 255 g/mol. The fourth-order valence-corrected chi connectivity index (χ4v) is 2.71. The van der Waals surface area contributed by atoms with E-state index >= 15 is 0 Å². The maximum absolute atomic E-state index is 12.6. The van der Waals surface area contributed by atoms with Crippen LogP contribution in [0.2, 0.25) is 0 Å². The number of carbonyl (C=O) groups excluding carboxylic acids is 1. The second kappa shape index (κ2) is 6.02. The summed E-state index contributed by atoms with van der Waals surface area (Å²) < 4.78 is 0. The Balaban J connectivity index is 2.66. The lowest BCUT2D eigenvalue weighted by atomic mass is 9.84. The predicted molar refractivity (Wildman–Crippen MR) is 75.3 cm³/mol. The summed E-state index contributed by atoms with van der Waals surface area (Å²) in [6, 6.07) is 0.297. The smallest absolute Gasteiger partial charge is 0.227 e. The van der Waals surface area contributed by atoms with Gasteiger partial charge < -0.3 is 15.5 Å². The van der Waals surface area contributed by atoms with Crippen molar-refractivity contribution in [3.05, 3.63) is 0 Å². The summed E-state index contributed by atoms with van der Waals surface area (Å²) in [7, 11) is 2.11. The number of hydrogen-bond donors (Lipinski definition) is 1. The van der Waals surface area contributed by atoms with E-state index in [0.717, 1.165) is 26.1 Å². The Hall–Kier alpha value is -0.610. The molecule has 2 N–H and O–H groups in total. The van der Waals surface area contributed by atoms with Crippen LogP contribution < -0.4 is 5.73 Å². The molecule has 0 aromatic rings. The van der Waals surface area contributed by atoms with Crippen molar-refractivity contribution < 1.29 is 4.79 Å². The Morgan fingerprint density at radius 2 is 2.00 bits per heavy atom. The van der Waals surface area contributed by atoms with E-state index in [4.69, 9.17) is 5.73 Å². The molecule has 1 aliphatic heterocycles. The van der Waals surface area contributed by atoms with Gasteiger partial charge in [0.1, 0.15) is 0 Å². The normalized spacial score (nSPS) is 24.1. The lowest BCUT2D eigenvalue weighted by Gasteiger charge is -2.40. The Morgan fingerprint density at radius 1 is 1.39 bits per heavy atom. The average Bonchev–Trinajstić information content (AvgIpc) is 2.24. The van der Waals surface area contributed by atoms with Crippen molar-refractivity contribution >= 4 is 5.91 Å². The number of likely N-dealkylation sites (N-methyl/N-ethyl adjacent to an activating group) is 1. The first kappa shape index (κ1) is 15.4. The molecule has 18 heavy (non-hydrogen) atoms. The molecule has 2 unspecified atom stereocenters. The van der Waals surface area contributed by atoms with E-state index in [9.17, 15) is 4.79 Å². The summed E-state index contributed by atoms with van der Waals surface area (Å²) in [4.78, 5) is 16.8. The number of nitrogens with zero attached hydrogens (tertiary/aromatic N) is 2. The van der Waals surface area contributed by atoms with Crippen LogP contribution in [0.4, 0.5) is 0 Å². The van der Waals surface area contributed by atoms with Crippen molar-refractivity contribution in [1.29, 1.82) is 0 Å². The maximum Gasteiger partial charge on any atom is 0.227 e. The summed E-state index contributed by atoms with van der Waals surface area (Å²) in [5.41, 5.74) is 5.95. The summed E-state index contributed by atoms with van der Waals surface area (Å²) in [5.74, 6) is 0.212. The molecule has 0 radical (unpaired) electrons. The van der Waals surface area contributed by atoms with Crippen LogP contribution >= 0.6 is 0 Å². The monoisotopic (exact) mass is 255 g/mol. The van der Waals surface area contributed by atoms with Crippen LogP contribution in [0.1, 0.15) is 34.1 Å². The lowest BCUT2D eigenvalue weighted by molar-refractivity contribution is -0.140. The first-order valence-corrected chi connectivity index (χ1v) is 6.93. The topological polar surface area (TPSA) is 49.6 Å². The molecular weight excluding hydrogens is 226 g/mol. The summed E-state index contributed by atoms with van der Waals surface area (Å²) in [5, 5.41) is 0. The van der Waals surface area contributed by atoms with Gasteiger partial charge in [-0.05, 0) is 25.8 Å². The number of hydrogen-bond acceptors (Lipinski definition) is 3. The fraction of sp³-hybridized carbons (Fsp3) is 0.929. The zero-order valence-electron chi connectivity index (χ0n) is 12.6. The molecule has 0 aliphatic carbocycles. The second-order valence-corrected chi connectivity index (χ2v) is 6.84. The third-order valence-electron chi connectivity index (χ3n) is 3.61. The van der Waals surface area contributed by atoms with E-state index in [1.54, 1.807) is 0 Å². The highest BCUT2D eigenvalue weighted by atomic mass is 16.2. The van der Waals surface area contributed by atoms with Crippen LogP contribution in [0.3, 0.4) is 0 Å². The number of rotatable bonds is 3. The summed E-state index contributed by atoms with van der Waals surface area (Å²) in [6.45, 7) is 11.8. The van der Waals surface area contributed by atoms with Gasteiger partial charge in [-0.15, -0.1) is 0 Å². The molecule has 1 saturated heterocycles. The molecule has 0 saturated carbocycles. The molecule has 1 heterocycles. The van der Waals surface area contributed by atoms with E-state index in [1.807, 2.05) is 4.90 Å². The van der Waals surface area contributed by atoms with Gasteiger partial charge in [-0.1, -0.05) is 20.8 Å². The zero-order chi connectivity index (χ0) is 13.9. The van der Waals surface area contributed by atoms with Gasteiger partial charge in [-0.2, -0.15) is 0 Å². The maximum atomic E-state index is 12.6. The molecule has 1 aliphatic rings. The third kappa shape index (κ3) is 4.25. The minimum Gasteiger partial charge on any atom is -0.337 e. The Bertz CT molecular complexity index is 285. The molecule has 106 valence electrons. The molecule has 4 heteroatoms. The van der Waals surface area contributed by atoms with Crippen molar-refractivity contribution in [1.82, 2.24) is 9.80 Å². The number of carbonyl (C=O) groups is 1. The molecule has 1 amide bonds. The largest absolute Gasteiger partial charge is 0.337 e. The van der Waals surface area contributed by atoms with Crippen molar-refractivity contribution in [2.45, 2.75) is 40.2 Å². The van der Waals surface area contributed by atoms with Gasteiger partial charge in [0.25, 0.3) is 0 Å². The van der Waals surface area contributed by atoms with Gasteiger partial charge >= 0.3 is 0 Å². The Morgan fingerprint density at radius 3 is 2.44 bits per heavy atom. The first-order valence-electron chi connectivity index (χ1n) is 6.93. The van der Waals surface area contributed by atoms with E-state index in [-0.39, 0.29) is 17.2 Å². The van der Waals surface area contributed by atoms with Crippen molar-refractivity contribution in [3.8, 4) is 0 Å². The van der Waals surface area contributed by atoms with Crippen LogP contribution in [-0.4, -0.2) is 55.0 Å². The summed E-state index contributed by atoms with van der Waals surface area (Å²) in [6.07, 6.45) is 0.862. The van der Waals surface area contributed by atoms with E-state index in [1.165, 1.54) is 0 Å². The zero-order valence-corrected chi connectivity index (χ0v) is 12.6. The Kier molecular flexibility index (Phi) is 5.17. The number of piperazine rings is 1. The van der Waals surface area contributed by atoms with Crippen LogP contribution in [0.15, 0.2) is 0 Å². The molecular formula is C14H29N3O. The van der Waals surface area contributed by atoms with Crippen LogP contribution in [0, 0.1) is 11.3 Å². The SMILES string of the molecule is CC1CN(C)CCN1C(=O)C(CN)CC(C)(C)C. The van der Waals surface area contributed by atoms with Gasteiger partial charge in [0.2, 0.25) is 5.91 Å². The second-order valence-electron chi connectivity index (χ2n) is 6.84. The number of nitrogens with two attached hydrogens (primary N) is 1. The van der Waals surface area contributed by atoms with E-state index < -0.39 is 0 Å². The van der Waals surface area contributed by atoms with Gasteiger partial charge in [-0.25, -0.2) is 0 Å². The molecule has 0 aromatic heterocycles. The highest BCUT2D eigenvalue weighted by Crippen LogP contribution is 2.26. The molecule has 2 atom stereocenters. The Labute approximate surface area is 111 Å². The molecule has 0 aromatic carbocycles. The van der Waals surface area contributed by atoms with Gasteiger partial charge in [0.15, 0.2) is 0 Å². The molecule has 0 spiro atoms. The van der Waals surface area contributed by atoms with E-state index in [0.29, 0.717) is 12.6 Å². The van der Waals surface area contributed by atoms with Crippen LogP contribution in [0.25, 0.3) is 0 Å². The first-order chi connectivity index (χ1) is 8.24. The minimum absolute atomic E-state index is 0.0316.